The summed E-state index contributed by atoms with van der Waals surface area (Å²) in [7, 11) is 1.70. The third kappa shape index (κ3) is 5.65. The molecule has 11 nitrogen and oxygen atoms in total. The highest BCUT2D eigenvalue weighted by Gasteiger charge is 2.26. The molecule has 0 spiro atoms. The van der Waals surface area contributed by atoms with Crippen molar-refractivity contribution in [3.63, 3.8) is 0 Å². The van der Waals surface area contributed by atoms with Crippen LogP contribution in [0.2, 0.25) is 0 Å². The number of hydrogen-bond acceptors (Lipinski definition) is 10. The summed E-state index contributed by atoms with van der Waals surface area (Å²) in [5.74, 6) is 1.74. The topological polar surface area (TPSA) is 111 Å². The van der Waals surface area contributed by atoms with Crippen molar-refractivity contribution in [2.24, 2.45) is 0 Å². The smallest absolute Gasteiger partial charge is 0.264 e. The zero-order valence-electron chi connectivity index (χ0n) is 22.9. The van der Waals surface area contributed by atoms with E-state index in [0.717, 1.165) is 70.3 Å². The van der Waals surface area contributed by atoms with Crippen molar-refractivity contribution in [2.45, 2.75) is 38.9 Å². The van der Waals surface area contributed by atoms with Crippen molar-refractivity contribution >= 4 is 33.3 Å². The maximum Gasteiger partial charge on any atom is 0.264 e. The minimum Gasteiger partial charge on any atom is -0.496 e. The summed E-state index contributed by atoms with van der Waals surface area (Å²) in [5, 5.41) is 8.88. The zero-order chi connectivity index (χ0) is 27.5. The van der Waals surface area contributed by atoms with E-state index in [1.807, 2.05) is 17.9 Å². The summed E-state index contributed by atoms with van der Waals surface area (Å²) in [6.07, 6.45) is 6.88. The van der Waals surface area contributed by atoms with Gasteiger partial charge in [-0.15, -0.1) is 11.3 Å². The number of amides is 1. The van der Waals surface area contributed by atoms with Crippen LogP contribution >= 0.6 is 11.3 Å². The van der Waals surface area contributed by atoms with E-state index < -0.39 is 0 Å². The molecule has 2 aliphatic heterocycles. The highest BCUT2D eigenvalue weighted by Crippen LogP contribution is 2.35. The predicted octanol–water partition coefficient (Wildman–Crippen LogP) is 3.20. The number of ether oxygens (including phenoxy) is 2. The second-order valence-corrected chi connectivity index (χ2v) is 11.3. The van der Waals surface area contributed by atoms with Gasteiger partial charge in [-0.3, -0.25) is 9.69 Å². The Hall–Kier alpha value is -3.61. The minimum atomic E-state index is 0.0611. The van der Waals surface area contributed by atoms with Crippen LogP contribution < -0.4 is 10.1 Å². The van der Waals surface area contributed by atoms with E-state index in [1.165, 1.54) is 16.9 Å². The molecule has 3 aromatic heterocycles. The van der Waals surface area contributed by atoms with Crippen molar-refractivity contribution in [3.05, 3.63) is 58.7 Å². The van der Waals surface area contributed by atoms with Gasteiger partial charge < -0.3 is 19.7 Å². The molecule has 2 saturated heterocycles. The number of benzene rings is 1. The number of rotatable bonds is 8. The quantitative estimate of drug-likeness (QED) is 0.346. The molecule has 1 N–H and O–H groups in total. The van der Waals surface area contributed by atoms with E-state index in [4.69, 9.17) is 9.47 Å². The van der Waals surface area contributed by atoms with Crippen LogP contribution in [0.25, 0.3) is 10.2 Å². The van der Waals surface area contributed by atoms with E-state index in [0.29, 0.717) is 38.9 Å². The SMILES string of the molecule is COc1ccc(CN2CCC(Nc3ncnc4sc(C(=O)N5CCOCC5)c(C)c34)CC2)cc1Cn1cncn1. The number of aromatic nitrogens is 5. The van der Waals surface area contributed by atoms with E-state index in [9.17, 15) is 4.79 Å². The van der Waals surface area contributed by atoms with Gasteiger partial charge in [0.25, 0.3) is 5.91 Å². The van der Waals surface area contributed by atoms with Gasteiger partial charge in [0.1, 0.15) is 35.4 Å². The number of methoxy groups -OCH3 is 1. The van der Waals surface area contributed by atoms with Gasteiger partial charge in [0.15, 0.2) is 0 Å². The molecule has 6 rings (SSSR count). The van der Waals surface area contributed by atoms with Gasteiger partial charge in [0, 0.05) is 44.3 Å². The molecule has 2 aliphatic rings. The number of carbonyl (C=O) groups excluding carboxylic acids is 1. The Bertz CT molecular complexity index is 1460. The number of piperidine rings is 1. The van der Waals surface area contributed by atoms with Crippen LogP contribution in [-0.4, -0.2) is 93.0 Å². The Labute approximate surface area is 237 Å². The molecular formula is C28H34N8O3S. The Kier molecular flexibility index (Phi) is 7.89. The number of hydrogen-bond donors (Lipinski definition) is 1. The first kappa shape index (κ1) is 26.6. The molecule has 1 amide bonds. The van der Waals surface area contributed by atoms with E-state index >= 15 is 0 Å². The van der Waals surface area contributed by atoms with Gasteiger partial charge in [-0.25, -0.2) is 19.6 Å². The predicted molar refractivity (Wildman–Crippen MR) is 153 cm³/mol. The number of likely N-dealkylation sites (tertiary alicyclic amines) is 1. The van der Waals surface area contributed by atoms with Crippen LogP contribution in [0, 0.1) is 6.92 Å². The molecule has 2 fully saturated rings. The monoisotopic (exact) mass is 562 g/mol. The van der Waals surface area contributed by atoms with Crippen molar-refractivity contribution in [3.8, 4) is 5.75 Å². The summed E-state index contributed by atoms with van der Waals surface area (Å²) in [5.41, 5.74) is 3.30. The molecule has 0 radical (unpaired) electrons. The number of aryl methyl sites for hydroxylation is 1. The van der Waals surface area contributed by atoms with Gasteiger partial charge in [-0.2, -0.15) is 5.10 Å². The van der Waals surface area contributed by atoms with E-state index in [-0.39, 0.29) is 5.91 Å². The number of fused-ring (bicyclic) bond motifs is 1. The van der Waals surface area contributed by atoms with Gasteiger partial charge in [-0.05, 0) is 43.0 Å². The molecular weight excluding hydrogens is 528 g/mol. The Morgan fingerprint density at radius 3 is 2.70 bits per heavy atom. The Balaban J connectivity index is 1.10. The summed E-state index contributed by atoms with van der Waals surface area (Å²) < 4.78 is 12.8. The first-order valence-electron chi connectivity index (χ1n) is 13.7. The van der Waals surface area contributed by atoms with Crippen LogP contribution in [0.1, 0.15) is 39.2 Å². The first-order chi connectivity index (χ1) is 19.6. The maximum absolute atomic E-state index is 13.2. The van der Waals surface area contributed by atoms with Crippen molar-refractivity contribution in [1.82, 2.24) is 34.5 Å². The van der Waals surface area contributed by atoms with Crippen molar-refractivity contribution < 1.29 is 14.3 Å². The summed E-state index contributed by atoms with van der Waals surface area (Å²) in [6.45, 7) is 7.92. The van der Waals surface area contributed by atoms with Gasteiger partial charge in [-0.1, -0.05) is 6.07 Å². The molecule has 12 heteroatoms. The van der Waals surface area contributed by atoms with Gasteiger partial charge in [0.2, 0.25) is 0 Å². The highest BCUT2D eigenvalue weighted by atomic mass is 32.1. The standard InChI is InChI=1S/C28H34N8O3S/c1-19-24-26(30-17-31-27(24)40-25(19)28(37)35-9-11-39-12-10-35)33-22-5-7-34(8-6-22)14-20-3-4-23(38-2)21(13-20)15-36-18-29-16-32-36/h3-4,13,16-18,22H,5-12,14-15H2,1-2H3,(H,30,31,33). The summed E-state index contributed by atoms with van der Waals surface area (Å²) >= 11 is 1.46. The van der Waals surface area contributed by atoms with Crippen LogP contribution in [-0.2, 0) is 17.8 Å². The number of carbonyl (C=O) groups is 1. The van der Waals surface area contributed by atoms with E-state index in [2.05, 4.69) is 42.4 Å². The van der Waals surface area contributed by atoms with Gasteiger partial charge >= 0.3 is 0 Å². The molecule has 1 aromatic carbocycles. The fraction of sp³-hybridized carbons (Fsp3) is 0.464. The lowest BCUT2D eigenvalue weighted by molar-refractivity contribution is 0.0306. The molecule has 0 saturated carbocycles. The average molecular weight is 563 g/mol. The van der Waals surface area contributed by atoms with Crippen molar-refractivity contribution in [1.29, 1.82) is 0 Å². The second kappa shape index (κ2) is 11.9. The number of morpholine rings is 1. The first-order valence-corrected chi connectivity index (χ1v) is 14.5. The van der Waals surface area contributed by atoms with Crippen LogP contribution in [0.3, 0.4) is 0 Å². The molecule has 0 aliphatic carbocycles. The molecule has 0 atom stereocenters. The molecule has 210 valence electrons. The second-order valence-electron chi connectivity index (χ2n) is 10.3. The maximum atomic E-state index is 13.2. The lowest BCUT2D eigenvalue weighted by atomic mass is 10.0. The molecule has 0 unspecified atom stereocenters. The minimum absolute atomic E-state index is 0.0611. The van der Waals surface area contributed by atoms with Gasteiger partial charge in [0.05, 0.1) is 37.1 Å². The summed E-state index contributed by atoms with van der Waals surface area (Å²) in [4.78, 5) is 32.3. The van der Waals surface area contributed by atoms with Crippen LogP contribution in [0.5, 0.6) is 5.75 Å². The molecule has 5 heterocycles. The average Bonchev–Trinajstić information content (AvgIpc) is 3.62. The van der Waals surface area contributed by atoms with Crippen molar-refractivity contribution in [2.75, 3.05) is 51.8 Å². The highest BCUT2D eigenvalue weighted by molar-refractivity contribution is 7.20. The lowest BCUT2D eigenvalue weighted by Crippen LogP contribution is -2.40. The normalized spacial score (nSPS) is 16.9. The third-order valence-corrected chi connectivity index (χ3v) is 8.89. The fourth-order valence-corrected chi connectivity index (χ4v) is 6.64. The molecule has 4 aromatic rings. The third-order valence-electron chi connectivity index (χ3n) is 7.70. The van der Waals surface area contributed by atoms with Crippen LogP contribution in [0.15, 0.2) is 37.2 Å². The van der Waals surface area contributed by atoms with Crippen LogP contribution in [0.4, 0.5) is 5.82 Å². The Morgan fingerprint density at radius 1 is 1.12 bits per heavy atom. The number of anilines is 1. The fourth-order valence-electron chi connectivity index (χ4n) is 5.52. The largest absolute Gasteiger partial charge is 0.496 e. The van der Waals surface area contributed by atoms with E-state index in [1.54, 1.807) is 30.8 Å². The number of thiophene rings is 1. The molecule has 0 bridgehead atoms. The number of nitrogens with one attached hydrogen (secondary N) is 1. The Morgan fingerprint density at radius 2 is 1.95 bits per heavy atom. The summed E-state index contributed by atoms with van der Waals surface area (Å²) in [6, 6.07) is 6.70. The lowest BCUT2D eigenvalue weighted by Gasteiger charge is -2.33. The zero-order valence-corrected chi connectivity index (χ0v) is 23.7. The number of nitrogens with zero attached hydrogens (tertiary/aromatic N) is 7. The molecule has 40 heavy (non-hydrogen) atoms.